The van der Waals surface area contributed by atoms with Crippen LogP contribution in [0, 0.1) is 0 Å². The van der Waals surface area contributed by atoms with Gasteiger partial charge in [0.25, 0.3) is 0 Å². The molecule has 5 rings (SSSR count). The van der Waals surface area contributed by atoms with Crippen LogP contribution >= 0.6 is 0 Å². The summed E-state index contributed by atoms with van der Waals surface area (Å²) >= 11 is 0. The van der Waals surface area contributed by atoms with Gasteiger partial charge in [-0.25, -0.2) is 9.97 Å². The molecule has 0 atom stereocenters. The van der Waals surface area contributed by atoms with E-state index in [2.05, 4.69) is 46.2 Å². The lowest BCUT2D eigenvalue weighted by atomic mass is 10.1. The van der Waals surface area contributed by atoms with E-state index >= 15 is 0 Å². The number of benzene rings is 2. The molecule has 0 N–H and O–H groups in total. The average Bonchev–Trinajstić information content (AvgIpc) is 3.20. The summed E-state index contributed by atoms with van der Waals surface area (Å²) < 4.78 is 11.0. The monoisotopic (exact) mass is 466 g/mol. The fraction of sp³-hybridized carbons (Fsp3) is 0.241. The third kappa shape index (κ3) is 4.92. The number of para-hydroxylation sites is 2. The highest BCUT2D eigenvalue weighted by Crippen LogP contribution is 2.31. The van der Waals surface area contributed by atoms with E-state index in [9.17, 15) is 0 Å². The summed E-state index contributed by atoms with van der Waals surface area (Å²) in [6.07, 6.45) is 4.92. The zero-order valence-electron chi connectivity index (χ0n) is 20.2. The third-order valence-electron chi connectivity index (χ3n) is 6.48. The van der Waals surface area contributed by atoms with Gasteiger partial charge >= 0.3 is 0 Å². The summed E-state index contributed by atoms with van der Waals surface area (Å²) in [5.74, 6) is 3.73. The second-order valence-electron chi connectivity index (χ2n) is 8.54. The molecule has 3 heterocycles. The van der Waals surface area contributed by atoms with Crippen molar-refractivity contribution in [1.29, 1.82) is 0 Å². The summed E-state index contributed by atoms with van der Waals surface area (Å²) in [7, 11) is 3.40. The minimum absolute atomic E-state index is 0.858. The van der Waals surface area contributed by atoms with E-state index in [0.29, 0.717) is 0 Å². The molecule has 35 heavy (non-hydrogen) atoms. The van der Waals surface area contributed by atoms with Crippen LogP contribution in [0.4, 0.5) is 11.6 Å². The van der Waals surface area contributed by atoms with Crippen molar-refractivity contribution < 1.29 is 9.47 Å². The number of methoxy groups -OCH3 is 2. The van der Waals surface area contributed by atoms with Crippen molar-refractivity contribution in [3.63, 3.8) is 0 Å². The van der Waals surface area contributed by atoms with E-state index in [1.54, 1.807) is 14.2 Å². The molecule has 2 aromatic carbocycles. The zero-order chi connectivity index (χ0) is 24.0. The number of ether oxygens (including phenoxy) is 2. The standard InChI is InChI=1S/C29H30N4O2/c1-34-26-10-5-3-8-24(26)22-12-14-28(30-20-22)32-16-7-17-33(19-18-32)29-15-13-23(21-31-29)25-9-4-6-11-27(25)35-2/h3-6,8-15,20-21H,7,16-19H2,1-2H3. The molecule has 0 radical (unpaired) electrons. The zero-order valence-corrected chi connectivity index (χ0v) is 20.2. The maximum absolute atomic E-state index is 5.50. The Balaban J connectivity index is 1.26. The van der Waals surface area contributed by atoms with Crippen LogP contribution in [0.2, 0.25) is 0 Å². The summed E-state index contributed by atoms with van der Waals surface area (Å²) in [4.78, 5) is 14.3. The molecule has 1 aliphatic heterocycles. The molecule has 0 aliphatic carbocycles. The van der Waals surface area contributed by atoms with E-state index in [1.165, 1.54) is 0 Å². The first-order valence-electron chi connectivity index (χ1n) is 12.0. The largest absolute Gasteiger partial charge is 0.496 e. The molecule has 0 saturated carbocycles. The van der Waals surface area contributed by atoms with E-state index in [0.717, 1.165) is 78.0 Å². The van der Waals surface area contributed by atoms with Gasteiger partial charge < -0.3 is 19.3 Å². The number of pyridine rings is 2. The van der Waals surface area contributed by atoms with Gasteiger partial charge in [-0.2, -0.15) is 0 Å². The van der Waals surface area contributed by atoms with Crippen LogP contribution in [0.1, 0.15) is 6.42 Å². The van der Waals surface area contributed by atoms with Crippen molar-refractivity contribution >= 4 is 11.6 Å². The van der Waals surface area contributed by atoms with E-state index in [1.807, 2.05) is 48.8 Å². The second kappa shape index (κ2) is 10.5. The Labute approximate surface area is 206 Å². The molecule has 178 valence electrons. The van der Waals surface area contributed by atoms with Crippen LogP contribution in [-0.2, 0) is 0 Å². The lowest BCUT2D eigenvalue weighted by Crippen LogP contribution is -2.31. The fourth-order valence-corrected chi connectivity index (χ4v) is 4.61. The topological polar surface area (TPSA) is 50.7 Å². The molecule has 6 heteroatoms. The van der Waals surface area contributed by atoms with Crippen LogP contribution in [0.25, 0.3) is 22.3 Å². The molecule has 1 aliphatic rings. The Hall–Kier alpha value is -4.06. The van der Waals surface area contributed by atoms with Gasteiger partial charge in [0.05, 0.1) is 14.2 Å². The van der Waals surface area contributed by atoms with Gasteiger partial charge in [-0.1, -0.05) is 36.4 Å². The minimum atomic E-state index is 0.858. The van der Waals surface area contributed by atoms with Crippen LogP contribution < -0.4 is 19.3 Å². The molecule has 1 fully saturated rings. The summed E-state index contributed by atoms with van der Waals surface area (Å²) in [5.41, 5.74) is 4.22. The maximum atomic E-state index is 5.50. The average molecular weight is 467 g/mol. The van der Waals surface area contributed by atoms with Crippen molar-refractivity contribution in [3.8, 4) is 33.8 Å². The molecule has 1 saturated heterocycles. The smallest absolute Gasteiger partial charge is 0.128 e. The Morgan fingerprint density at radius 1 is 0.571 bits per heavy atom. The third-order valence-corrected chi connectivity index (χ3v) is 6.48. The predicted molar refractivity (Wildman–Crippen MR) is 141 cm³/mol. The van der Waals surface area contributed by atoms with Crippen LogP contribution in [0.3, 0.4) is 0 Å². The summed E-state index contributed by atoms with van der Waals surface area (Å²) in [6.45, 7) is 3.74. The van der Waals surface area contributed by atoms with Crippen LogP contribution in [-0.4, -0.2) is 50.4 Å². The number of rotatable bonds is 6. The van der Waals surface area contributed by atoms with Crippen molar-refractivity contribution in [1.82, 2.24) is 9.97 Å². The molecule has 0 unspecified atom stereocenters. The Bertz CT molecular complexity index is 1160. The van der Waals surface area contributed by atoms with Gasteiger partial charge in [-0.15, -0.1) is 0 Å². The minimum Gasteiger partial charge on any atom is -0.496 e. The van der Waals surface area contributed by atoms with Gasteiger partial charge in [-0.05, 0) is 42.8 Å². The predicted octanol–water partition coefficient (Wildman–Crippen LogP) is 5.54. The highest BCUT2D eigenvalue weighted by molar-refractivity contribution is 5.71. The number of nitrogens with zero attached hydrogens (tertiary/aromatic N) is 4. The van der Waals surface area contributed by atoms with Gasteiger partial charge in [0, 0.05) is 60.8 Å². The van der Waals surface area contributed by atoms with Gasteiger partial charge in [0.15, 0.2) is 0 Å². The number of anilines is 2. The van der Waals surface area contributed by atoms with Crippen LogP contribution in [0.15, 0.2) is 85.2 Å². The number of hydrogen-bond acceptors (Lipinski definition) is 6. The summed E-state index contributed by atoms with van der Waals surface area (Å²) in [5, 5.41) is 0. The molecule has 6 nitrogen and oxygen atoms in total. The lowest BCUT2D eigenvalue weighted by molar-refractivity contribution is 0.416. The Kier molecular flexibility index (Phi) is 6.80. The Morgan fingerprint density at radius 3 is 1.43 bits per heavy atom. The highest BCUT2D eigenvalue weighted by Gasteiger charge is 2.18. The number of hydrogen-bond donors (Lipinski definition) is 0. The lowest BCUT2D eigenvalue weighted by Gasteiger charge is -2.24. The van der Waals surface area contributed by atoms with Crippen molar-refractivity contribution in [2.24, 2.45) is 0 Å². The van der Waals surface area contributed by atoms with Gasteiger partial charge in [0.1, 0.15) is 23.1 Å². The highest BCUT2D eigenvalue weighted by atomic mass is 16.5. The first kappa shape index (κ1) is 22.7. The van der Waals surface area contributed by atoms with Crippen molar-refractivity contribution in [2.75, 3.05) is 50.2 Å². The van der Waals surface area contributed by atoms with Crippen molar-refractivity contribution in [3.05, 3.63) is 85.2 Å². The maximum Gasteiger partial charge on any atom is 0.128 e. The SMILES string of the molecule is COc1ccccc1-c1ccc(N2CCCN(c3ccc(-c4ccccc4OC)cn3)CC2)nc1. The first-order valence-corrected chi connectivity index (χ1v) is 12.0. The van der Waals surface area contributed by atoms with E-state index in [-0.39, 0.29) is 0 Å². The van der Waals surface area contributed by atoms with E-state index in [4.69, 9.17) is 19.4 Å². The molecule has 0 spiro atoms. The molecule has 4 aromatic rings. The van der Waals surface area contributed by atoms with Gasteiger partial charge in [0.2, 0.25) is 0 Å². The first-order chi connectivity index (χ1) is 17.3. The molecular formula is C29H30N4O2. The molecular weight excluding hydrogens is 436 g/mol. The molecule has 2 aromatic heterocycles. The number of aromatic nitrogens is 2. The van der Waals surface area contributed by atoms with Crippen molar-refractivity contribution in [2.45, 2.75) is 6.42 Å². The molecule has 0 amide bonds. The molecule has 0 bridgehead atoms. The van der Waals surface area contributed by atoms with Crippen LogP contribution in [0.5, 0.6) is 11.5 Å². The normalized spacial score (nSPS) is 13.9. The quantitative estimate of drug-likeness (QED) is 0.372. The van der Waals surface area contributed by atoms with Gasteiger partial charge in [-0.3, -0.25) is 0 Å². The fourth-order valence-electron chi connectivity index (χ4n) is 4.61. The Morgan fingerprint density at radius 2 is 1.03 bits per heavy atom. The second-order valence-corrected chi connectivity index (χ2v) is 8.54. The van der Waals surface area contributed by atoms with E-state index < -0.39 is 0 Å². The summed E-state index contributed by atoms with van der Waals surface area (Å²) in [6, 6.07) is 24.5.